The van der Waals surface area contributed by atoms with Crippen LogP contribution in [0, 0.1) is 0 Å². The molecule has 0 aromatic heterocycles. The molecule has 0 aromatic carbocycles. The van der Waals surface area contributed by atoms with E-state index in [-0.39, 0.29) is 0 Å². The number of carboxylic acids is 1. The summed E-state index contributed by atoms with van der Waals surface area (Å²) >= 11 is 0. The van der Waals surface area contributed by atoms with Gasteiger partial charge in [0.2, 0.25) is 0 Å². The summed E-state index contributed by atoms with van der Waals surface area (Å²) < 4.78 is 0. The molecule has 0 saturated carbocycles. The molecule has 50 heavy (non-hydrogen) atoms. The fourth-order valence-electron chi connectivity index (χ4n) is 7.11. The third-order valence-electron chi connectivity index (χ3n) is 10.6. The number of hydrogen-bond donors (Lipinski definition) is 3. The lowest BCUT2D eigenvalue weighted by molar-refractivity contribution is -0.137. The van der Waals surface area contributed by atoms with E-state index in [9.17, 15) is 4.79 Å². The minimum Gasteiger partial charge on any atom is -0.481 e. The zero-order valence-corrected chi connectivity index (χ0v) is 34.5. The van der Waals surface area contributed by atoms with Gasteiger partial charge >= 0.3 is 5.97 Å². The molecule has 0 heterocycles. The number of aliphatic hydroxyl groups is 2. The first-order chi connectivity index (χ1) is 24.5. The monoisotopic (exact) mass is 711 g/mol. The van der Waals surface area contributed by atoms with Crippen LogP contribution < -0.4 is 0 Å². The summed E-state index contributed by atoms with van der Waals surface area (Å²) in [6.45, 7) is 4.57. The maximum Gasteiger partial charge on any atom is 0.303 e. The summed E-state index contributed by atoms with van der Waals surface area (Å²) in [5.74, 6) is -0.653. The van der Waals surface area contributed by atoms with E-state index in [2.05, 4.69) is 13.8 Å². The van der Waals surface area contributed by atoms with Gasteiger partial charge in [0.25, 0.3) is 0 Å². The molecule has 0 atom stereocenters. The van der Waals surface area contributed by atoms with Gasteiger partial charge in [-0.25, -0.2) is 0 Å². The van der Waals surface area contributed by atoms with Gasteiger partial charge in [-0.1, -0.05) is 258 Å². The Kier molecular flexibility index (Phi) is 49.8. The molecule has 0 spiro atoms. The van der Waals surface area contributed by atoms with Gasteiger partial charge in [-0.3, -0.25) is 4.79 Å². The minimum atomic E-state index is -1.10. The van der Waals surface area contributed by atoms with Crippen LogP contribution in [0.4, 0.5) is 0 Å². The summed E-state index contributed by atoms with van der Waals surface area (Å²) in [5.41, 5.74) is 0. The largest absolute Gasteiger partial charge is 0.481 e. The first-order valence-corrected chi connectivity index (χ1v) is 23.1. The Morgan fingerprint density at radius 3 is 0.680 bits per heavy atom. The number of hydrogen-bond acceptors (Lipinski definition) is 3. The van der Waals surface area contributed by atoms with Crippen LogP contribution in [0.5, 0.6) is 0 Å². The highest BCUT2D eigenvalue weighted by Crippen LogP contribution is 2.17. The van der Waals surface area contributed by atoms with Gasteiger partial charge in [0.1, 0.15) is 0 Å². The van der Waals surface area contributed by atoms with E-state index in [0.717, 1.165) is 25.7 Å². The fourth-order valence-corrected chi connectivity index (χ4v) is 7.11. The lowest BCUT2D eigenvalue weighted by atomic mass is 10.0. The Balaban J connectivity index is 0. The minimum absolute atomic E-state index is 0.345. The Hall–Kier alpha value is -0.610. The van der Waals surface area contributed by atoms with Gasteiger partial charge in [0.15, 0.2) is 6.29 Å². The van der Waals surface area contributed by atoms with Crippen molar-refractivity contribution >= 4 is 5.97 Å². The van der Waals surface area contributed by atoms with E-state index in [4.69, 9.17) is 15.3 Å². The van der Waals surface area contributed by atoms with E-state index in [1.54, 1.807) is 0 Å². The molecular weight excluding hydrogens is 617 g/mol. The van der Waals surface area contributed by atoms with Crippen molar-refractivity contribution < 1.29 is 20.1 Å². The van der Waals surface area contributed by atoms with E-state index < -0.39 is 12.3 Å². The van der Waals surface area contributed by atoms with Crippen molar-refractivity contribution in [1.29, 1.82) is 0 Å². The first kappa shape index (κ1) is 51.5. The topological polar surface area (TPSA) is 77.8 Å². The lowest BCUT2D eigenvalue weighted by Gasteiger charge is -2.05. The van der Waals surface area contributed by atoms with Gasteiger partial charge in [-0.2, -0.15) is 0 Å². The van der Waals surface area contributed by atoms with Crippen LogP contribution >= 0.6 is 0 Å². The highest BCUT2D eigenvalue weighted by Gasteiger charge is 1.99. The lowest BCUT2D eigenvalue weighted by Crippen LogP contribution is -2.02. The molecule has 0 aliphatic heterocycles. The second-order valence-electron chi connectivity index (χ2n) is 15.8. The molecule has 0 aliphatic carbocycles. The summed E-state index contributed by atoms with van der Waals surface area (Å²) in [7, 11) is 0. The summed E-state index contributed by atoms with van der Waals surface area (Å²) in [6.07, 6.45) is 54.7. The number of carbonyl (C=O) groups is 1. The number of rotatable bonds is 42. The Morgan fingerprint density at radius 2 is 0.500 bits per heavy atom. The molecule has 3 N–H and O–H groups in total. The van der Waals surface area contributed by atoms with E-state index >= 15 is 0 Å². The molecule has 0 aliphatic rings. The predicted octanol–water partition coefficient (Wildman–Crippen LogP) is 15.8. The normalized spacial score (nSPS) is 11.3. The average Bonchev–Trinajstić information content (AvgIpc) is 3.10. The van der Waals surface area contributed by atoms with Crippen molar-refractivity contribution in [2.24, 2.45) is 0 Å². The molecule has 4 heteroatoms. The molecule has 0 saturated heterocycles. The molecule has 0 fully saturated rings. The van der Waals surface area contributed by atoms with Crippen molar-refractivity contribution in [3.8, 4) is 0 Å². The highest BCUT2D eigenvalue weighted by atomic mass is 16.5. The molecule has 4 nitrogen and oxygen atoms in total. The molecule has 0 rings (SSSR count). The van der Waals surface area contributed by atoms with Crippen LogP contribution in [0.3, 0.4) is 0 Å². The van der Waals surface area contributed by atoms with Gasteiger partial charge in [-0.05, 0) is 19.3 Å². The third kappa shape index (κ3) is 54.2. The van der Waals surface area contributed by atoms with Crippen molar-refractivity contribution in [1.82, 2.24) is 0 Å². The first-order valence-electron chi connectivity index (χ1n) is 23.1. The molecule has 0 radical (unpaired) electrons. The van der Waals surface area contributed by atoms with Gasteiger partial charge in [-0.15, -0.1) is 0 Å². The van der Waals surface area contributed by atoms with Crippen LogP contribution in [0.15, 0.2) is 0 Å². The maximum absolute atomic E-state index is 10.3. The summed E-state index contributed by atoms with van der Waals surface area (Å²) in [6, 6.07) is 0. The zero-order chi connectivity index (χ0) is 36.9. The number of aliphatic carboxylic acids is 1. The second kappa shape index (κ2) is 48.4. The van der Waals surface area contributed by atoms with Crippen LogP contribution in [0.2, 0.25) is 0 Å². The van der Waals surface area contributed by atoms with Crippen molar-refractivity contribution in [3.63, 3.8) is 0 Å². The van der Waals surface area contributed by atoms with E-state index in [1.165, 1.54) is 231 Å². The fraction of sp³-hybridized carbons (Fsp3) is 0.978. The van der Waals surface area contributed by atoms with Crippen LogP contribution in [0.25, 0.3) is 0 Å². The molecular formula is C46H94O4. The van der Waals surface area contributed by atoms with E-state index in [0.29, 0.717) is 12.8 Å². The van der Waals surface area contributed by atoms with Crippen molar-refractivity contribution in [2.45, 2.75) is 290 Å². The quantitative estimate of drug-likeness (QED) is 0.0435. The standard InChI is InChI=1S/C28H58O2.C18H36O2/c1-2-3-4-5-6-7-8-9-10-11-12-13-14-15-16-17-18-19-20-21-22-23-24-25-26-27-28(29)30;1-2-3-4-5-6-7-8-9-10-11-12-13-14-15-16-17-18(19)20/h28-30H,2-27H2,1H3;2-17H2,1H3,(H,19,20). The Labute approximate surface area is 315 Å². The summed E-state index contributed by atoms with van der Waals surface area (Å²) in [5, 5.41) is 26.1. The maximum atomic E-state index is 10.3. The Morgan fingerprint density at radius 1 is 0.320 bits per heavy atom. The van der Waals surface area contributed by atoms with E-state index in [1.807, 2.05) is 0 Å². The van der Waals surface area contributed by atoms with Crippen molar-refractivity contribution in [2.75, 3.05) is 0 Å². The predicted molar refractivity (Wildman–Crippen MR) is 221 cm³/mol. The molecule has 302 valence electrons. The van der Waals surface area contributed by atoms with Crippen LogP contribution in [0.1, 0.15) is 284 Å². The molecule has 0 aromatic rings. The Bertz CT molecular complexity index is 593. The van der Waals surface area contributed by atoms with Gasteiger partial charge in [0, 0.05) is 6.42 Å². The molecule has 0 bridgehead atoms. The number of carboxylic acid groups (broad SMARTS) is 1. The number of unbranched alkanes of at least 4 members (excludes halogenated alkanes) is 38. The van der Waals surface area contributed by atoms with Crippen LogP contribution in [-0.4, -0.2) is 27.6 Å². The van der Waals surface area contributed by atoms with Gasteiger partial charge < -0.3 is 15.3 Å². The zero-order valence-electron chi connectivity index (χ0n) is 34.5. The van der Waals surface area contributed by atoms with Gasteiger partial charge in [0.05, 0.1) is 0 Å². The summed E-state index contributed by atoms with van der Waals surface area (Å²) in [4.78, 5) is 10.3. The second-order valence-corrected chi connectivity index (χ2v) is 15.8. The SMILES string of the molecule is CCCCCCCCCCCCCCCCCC(=O)O.CCCCCCCCCCCCCCCCCCCCCCCCCCCC(O)O. The van der Waals surface area contributed by atoms with Crippen LogP contribution in [-0.2, 0) is 4.79 Å². The molecule has 0 unspecified atom stereocenters. The van der Waals surface area contributed by atoms with Crippen molar-refractivity contribution in [3.05, 3.63) is 0 Å². The number of aliphatic hydroxyl groups excluding tert-OH is 1. The third-order valence-corrected chi connectivity index (χ3v) is 10.6. The molecule has 0 amide bonds. The average molecular weight is 711 g/mol. The highest BCUT2D eigenvalue weighted by molar-refractivity contribution is 5.66. The smallest absolute Gasteiger partial charge is 0.303 e.